The van der Waals surface area contributed by atoms with Gasteiger partial charge in [-0.25, -0.2) is 9.07 Å². The van der Waals surface area contributed by atoms with Crippen LogP contribution in [0.5, 0.6) is 0 Å². The van der Waals surface area contributed by atoms with Gasteiger partial charge in [0.1, 0.15) is 11.4 Å². The monoisotopic (exact) mass is 329 g/mol. The van der Waals surface area contributed by atoms with Crippen LogP contribution in [0.4, 0.5) is 10.1 Å². The van der Waals surface area contributed by atoms with Gasteiger partial charge in [0.05, 0.1) is 24.0 Å². The molecule has 24 heavy (non-hydrogen) atoms. The Hall–Kier alpha value is -2.88. The van der Waals surface area contributed by atoms with Gasteiger partial charge < -0.3 is 10.6 Å². The number of aromatic nitrogens is 2. The number of para-hydroxylation sites is 1. The Morgan fingerprint density at radius 1 is 1.46 bits per heavy atom. The van der Waals surface area contributed by atoms with Crippen LogP contribution in [0, 0.1) is 23.1 Å². The summed E-state index contributed by atoms with van der Waals surface area (Å²) in [5.41, 5.74) is -0.294. The molecule has 0 radical (unpaired) electrons. The van der Waals surface area contributed by atoms with Crippen molar-refractivity contribution in [2.24, 2.45) is 5.92 Å². The summed E-state index contributed by atoms with van der Waals surface area (Å²) in [6.07, 6.45) is 3.27. The predicted octanol–water partition coefficient (Wildman–Crippen LogP) is 2.48. The first-order valence-electron chi connectivity index (χ1n) is 7.62. The van der Waals surface area contributed by atoms with Gasteiger partial charge in [0.2, 0.25) is 5.91 Å². The molecule has 0 aliphatic carbocycles. The molecule has 6 nitrogen and oxygen atoms in total. The van der Waals surface area contributed by atoms with Gasteiger partial charge in [-0.15, -0.1) is 0 Å². The second-order valence-corrected chi connectivity index (χ2v) is 5.96. The largest absolute Gasteiger partial charge is 0.372 e. The highest BCUT2D eigenvalue weighted by atomic mass is 19.1. The standard InChI is InChI=1S/C17H20FN5O/c1-12(2)17(3,11-19)22-15(24)10-20-16-13(18)6-4-7-14(16)23-9-5-8-21-23/h4-9,12,20H,10H2,1-3H3,(H,22,24)/t17-/m0/s1. The number of halogens is 1. The molecule has 0 fully saturated rings. The molecule has 0 bridgehead atoms. The van der Waals surface area contributed by atoms with E-state index >= 15 is 0 Å². The smallest absolute Gasteiger partial charge is 0.240 e. The highest BCUT2D eigenvalue weighted by molar-refractivity contribution is 5.82. The van der Waals surface area contributed by atoms with Crippen molar-refractivity contribution in [3.8, 4) is 11.8 Å². The second kappa shape index (κ2) is 7.13. The zero-order chi connectivity index (χ0) is 17.7. The van der Waals surface area contributed by atoms with E-state index in [9.17, 15) is 14.4 Å². The van der Waals surface area contributed by atoms with E-state index in [4.69, 9.17) is 0 Å². The van der Waals surface area contributed by atoms with Crippen LogP contribution < -0.4 is 10.6 Å². The number of benzene rings is 1. The lowest BCUT2D eigenvalue weighted by atomic mass is 9.90. The molecule has 2 aromatic rings. The number of nitrogens with one attached hydrogen (secondary N) is 2. The van der Waals surface area contributed by atoms with Crippen LogP contribution in [-0.2, 0) is 4.79 Å². The van der Waals surface area contributed by atoms with E-state index in [1.165, 1.54) is 10.7 Å². The van der Waals surface area contributed by atoms with E-state index in [1.54, 1.807) is 37.5 Å². The van der Waals surface area contributed by atoms with Crippen molar-refractivity contribution in [2.75, 3.05) is 11.9 Å². The number of hydrogen-bond donors (Lipinski definition) is 2. The minimum atomic E-state index is -0.973. The third kappa shape index (κ3) is 3.71. The summed E-state index contributed by atoms with van der Waals surface area (Å²) in [6, 6.07) is 8.41. The molecular weight excluding hydrogens is 309 g/mol. The zero-order valence-electron chi connectivity index (χ0n) is 13.9. The lowest BCUT2D eigenvalue weighted by Gasteiger charge is -2.27. The van der Waals surface area contributed by atoms with E-state index in [1.807, 2.05) is 13.8 Å². The Morgan fingerprint density at radius 2 is 2.21 bits per heavy atom. The number of carbonyl (C=O) groups excluding carboxylic acids is 1. The highest BCUT2D eigenvalue weighted by Gasteiger charge is 2.29. The number of rotatable bonds is 6. The van der Waals surface area contributed by atoms with Crippen molar-refractivity contribution in [3.05, 3.63) is 42.5 Å². The highest BCUT2D eigenvalue weighted by Crippen LogP contribution is 2.23. The number of anilines is 1. The van der Waals surface area contributed by atoms with Crippen LogP contribution in [-0.4, -0.2) is 27.8 Å². The first-order valence-corrected chi connectivity index (χ1v) is 7.62. The van der Waals surface area contributed by atoms with Gasteiger partial charge in [-0.1, -0.05) is 19.9 Å². The molecule has 0 aliphatic heterocycles. The molecular formula is C17H20FN5O. The average Bonchev–Trinajstić information content (AvgIpc) is 3.07. The minimum Gasteiger partial charge on any atom is -0.372 e. The average molecular weight is 329 g/mol. The number of nitriles is 1. The van der Waals surface area contributed by atoms with Crippen LogP contribution >= 0.6 is 0 Å². The van der Waals surface area contributed by atoms with Gasteiger partial charge in [-0.2, -0.15) is 10.4 Å². The summed E-state index contributed by atoms with van der Waals surface area (Å²) < 4.78 is 15.6. The maximum atomic E-state index is 14.1. The van der Waals surface area contributed by atoms with Gasteiger partial charge in [0.25, 0.3) is 0 Å². The third-order valence-electron chi connectivity index (χ3n) is 3.95. The lowest BCUT2D eigenvalue weighted by molar-refractivity contribution is -0.121. The van der Waals surface area contributed by atoms with E-state index in [0.29, 0.717) is 5.69 Å². The Balaban J connectivity index is 2.13. The predicted molar refractivity (Wildman–Crippen MR) is 89.0 cm³/mol. The molecule has 7 heteroatoms. The van der Waals surface area contributed by atoms with Crippen LogP contribution in [0.1, 0.15) is 20.8 Å². The topological polar surface area (TPSA) is 82.7 Å². The van der Waals surface area contributed by atoms with Crippen LogP contribution in [0.25, 0.3) is 5.69 Å². The van der Waals surface area contributed by atoms with Crippen molar-refractivity contribution < 1.29 is 9.18 Å². The molecule has 1 heterocycles. The molecule has 2 N–H and O–H groups in total. The van der Waals surface area contributed by atoms with Gasteiger partial charge in [-0.3, -0.25) is 4.79 Å². The Morgan fingerprint density at radius 3 is 2.79 bits per heavy atom. The molecule has 0 saturated heterocycles. The SMILES string of the molecule is CC(C)[C@](C)(C#N)NC(=O)CNc1c(F)cccc1-n1cccn1. The van der Waals surface area contributed by atoms with Crippen molar-refractivity contribution in [2.45, 2.75) is 26.3 Å². The molecule has 0 saturated carbocycles. The molecule has 1 aromatic carbocycles. The van der Waals surface area contributed by atoms with E-state index in [2.05, 4.69) is 21.8 Å². The number of carbonyl (C=O) groups is 1. The van der Waals surface area contributed by atoms with Crippen LogP contribution in [0.15, 0.2) is 36.7 Å². The second-order valence-electron chi connectivity index (χ2n) is 5.96. The third-order valence-corrected chi connectivity index (χ3v) is 3.95. The molecule has 0 aliphatic rings. The van der Waals surface area contributed by atoms with E-state index < -0.39 is 11.4 Å². The quantitative estimate of drug-likeness (QED) is 0.853. The van der Waals surface area contributed by atoms with Gasteiger partial charge in [0, 0.05) is 12.4 Å². The fourth-order valence-electron chi connectivity index (χ4n) is 2.09. The maximum Gasteiger partial charge on any atom is 0.240 e. The number of hydrogen-bond acceptors (Lipinski definition) is 4. The number of nitrogens with zero attached hydrogens (tertiary/aromatic N) is 3. The van der Waals surface area contributed by atoms with Gasteiger partial charge >= 0.3 is 0 Å². The Kier molecular flexibility index (Phi) is 5.19. The molecule has 0 unspecified atom stereocenters. The van der Waals surface area contributed by atoms with Gasteiger partial charge in [0.15, 0.2) is 0 Å². The minimum absolute atomic E-state index is 0.0560. The molecule has 126 valence electrons. The number of amides is 1. The fourth-order valence-corrected chi connectivity index (χ4v) is 2.09. The molecule has 1 amide bonds. The Labute approximate surface area is 140 Å². The van der Waals surface area contributed by atoms with Crippen LogP contribution in [0.2, 0.25) is 0 Å². The summed E-state index contributed by atoms with van der Waals surface area (Å²) in [4.78, 5) is 12.1. The molecule has 0 spiro atoms. The fraction of sp³-hybridized carbons (Fsp3) is 0.353. The first kappa shape index (κ1) is 17.5. The Bertz CT molecular complexity index is 751. The van der Waals surface area contributed by atoms with Crippen molar-refractivity contribution in [1.29, 1.82) is 5.26 Å². The zero-order valence-corrected chi connectivity index (χ0v) is 13.9. The normalized spacial score (nSPS) is 13.2. The van der Waals surface area contributed by atoms with Crippen LogP contribution in [0.3, 0.4) is 0 Å². The summed E-state index contributed by atoms with van der Waals surface area (Å²) in [5.74, 6) is -0.926. The van der Waals surface area contributed by atoms with Gasteiger partial charge in [-0.05, 0) is 31.0 Å². The maximum absolute atomic E-state index is 14.1. The van der Waals surface area contributed by atoms with Crippen molar-refractivity contribution >= 4 is 11.6 Å². The van der Waals surface area contributed by atoms with E-state index in [-0.39, 0.29) is 24.1 Å². The summed E-state index contributed by atoms with van der Waals surface area (Å²) in [7, 11) is 0. The van der Waals surface area contributed by atoms with Crippen molar-refractivity contribution in [1.82, 2.24) is 15.1 Å². The summed E-state index contributed by atoms with van der Waals surface area (Å²) >= 11 is 0. The molecule has 2 rings (SSSR count). The first-order chi connectivity index (χ1) is 11.4. The lowest BCUT2D eigenvalue weighted by Crippen LogP contribution is -2.50. The summed E-state index contributed by atoms with van der Waals surface area (Å²) in [6.45, 7) is 5.21. The summed E-state index contributed by atoms with van der Waals surface area (Å²) in [5, 5.41) is 18.8. The van der Waals surface area contributed by atoms with Crippen molar-refractivity contribution in [3.63, 3.8) is 0 Å². The molecule has 1 atom stereocenters. The van der Waals surface area contributed by atoms with E-state index in [0.717, 1.165) is 0 Å². The molecule has 1 aromatic heterocycles.